The molecule has 0 unspecified atom stereocenters. The summed E-state index contributed by atoms with van der Waals surface area (Å²) >= 11 is 0. The van der Waals surface area contributed by atoms with Gasteiger partial charge < -0.3 is 18.9 Å². The van der Waals surface area contributed by atoms with Gasteiger partial charge in [0.15, 0.2) is 0 Å². The van der Waals surface area contributed by atoms with Crippen LogP contribution in [-0.4, -0.2) is 39.8 Å². The summed E-state index contributed by atoms with van der Waals surface area (Å²) in [6.07, 6.45) is -5.07. The van der Waals surface area contributed by atoms with Crippen molar-refractivity contribution >= 4 is 6.09 Å². The summed E-state index contributed by atoms with van der Waals surface area (Å²) in [5, 5.41) is 3.84. The van der Waals surface area contributed by atoms with Crippen molar-refractivity contribution in [3.05, 3.63) is 65.0 Å². The molecule has 1 amide bonds. The van der Waals surface area contributed by atoms with Gasteiger partial charge in [0, 0.05) is 18.7 Å². The Bertz CT molecular complexity index is 1190. The van der Waals surface area contributed by atoms with Crippen LogP contribution in [0.5, 0.6) is 5.75 Å². The van der Waals surface area contributed by atoms with E-state index >= 15 is 0 Å². The summed E-state index contributed by atoms with van der Waals surface area (Å²) in [4.78, 5) is 17.8. The first-order valence-corrected chi connectivity index (χ1v) is 11.1. The summed E-state index contributed by atoms with van der Waals surface area (Å²) in [5.41, 5.74) is 0.433. The maximum atomic E-state index is 13.8. The van der Waals surface area contributed by atoms with Crippen LogP contribution in [0.15, 0.2) is 47.0 Å². The van der Waals surface area contributed by atoms with Crippen molar-refractivity contribution in [2.24, 2.45) is 0 Å². The summed E-state index contributed by atoms with van der Waals surface area (Å²) < 4.78 is 57.4. The van der Waals surface area contributed by atoms with Gasteiger partial charge in [0.05, 0.1) is 11.5 Å². The van der Waals surface area contributed by atoms with E-state index in [0.717, 1.165) is 17.2 Å². The highest BCUT2D eigenvalue weighted by Gasteiger charge is 2.38. The number of hydrogen-bond donors (Lipinski definition) is 0. The molecule has 1 saturated heterocycles. The van der Waals surface area contributed by atoms with Crippen LogP contribution < -0.4 is 4.74 Å². The Morgan fingerprint density at radius 3 is 2.43 bits per heavy atom. The minimum Gasteiger partial charge on any atom is -0.488 e. The molecule has 1 fully saturated rings. The predicted octanol–water partition coefficient (Wildman–Crippen LogP) is 5.98. The first-order valence-electron chi connectivity index (χ1n) is 11.1. The molecule has 186 valence electrons. The molecule has 0 saturated carbocycles. The number of benzene rings is 2. The lowest BCUT2D eigenvalue weighted by Gasteiger charge is -2.37. The predicted molar refractivity (Wildman–Crippen MR) is 121 cm³/mol. The number of hydrogen-bond acceptors (Lipinski definition) is 6. The average Bonchev–Trinajstić information content (AvgIpc) is 3.20. The molecular formula is C25H26F3N3O4. The lowest BCUT2D eigenvalue weighted by Crippen LogP contribution is -2.50. The molecule has 0 spiro atoms. The number of carbonyl (C=O) groups is 1. The third kappa shape index (κ3) is 5.93. The molecule has 4 rings (SSSR count). The van der Waals surface area contributed by atoms with E-state index in [1.54, 1.807) is 20.8 Å². The molecule has 2 aromatic carbocycles. The smallest absolute Gasteiger partial charge is 0.419 e. The third-order valence-corrected chi connectivity index (χ3v) is 5.38. The van der Waals surface area contributed by atoms with Gasteiger partial charge in [0.1, 0.15) is 18.0 Å². The van der Waals surface area contributed by atoms with E-state index in [-0.39, 0.29) is 35.6 Å². The average molecular weight is 489 g/mol. The normalized spacial score (nSPS) is 14.5. The Morgan fingerprint density at radius 2 is 1.80 bits per heavy atom. The van der Waals surface area contributed by atoms with Gasteiger partial charge in [-0.05, 0) is 51.5 Å². The minimum atomic E-state index is -4.63. The van der Waals surface area contributed by atoms with E-state index in [4.69, 9.17) is 14.0 Å². The lowest BCUT2D eigenvalue weighted by atomic mass is 10.0. The van der Waals surface area contributed by atoms with Crippen LogP contribution in [0.1, 0.15) is 49.3 Å². The van der Waals surface area contributed by atoms with Crippen LogP contribution in [-0.2, 0) is 17.5 Å². The van der Waals surface area contributed by atoms with Crippen molar-refractivity contribution in [3.8, 4) is 17.1 Å². The first kappa shape index (κ1) is 24.6. The van der Waals surface area contributed by atoms with Gasteiger partial charge in [-0.15, -0.1) is 0 Å². The number of aromatic nitrogens is 2. The van der Waals surface area contributed by atoms with E-state index in [1.807, 2.05) is 31.2 Å². The fraction of sp³-hybridized carbons (Fsp3) is 0.400. The van der Waals surface area contributed by atoms with Gasteiger partial charge in [-0.2, -0.15) is 18.2 Å². The van der Waals surface area contributed by atoms with E-state index < -0.39 is 23.4 Å². The van der Waals surface area contributed by atoms with E-state index in [1.165, 1.54) is 17.0 Å². The topological polar surface area (TPSA) is 77.7 Å². The zero-order valence-corrected chi connectivity index (χ0v) is 19.8. The molecule has 10 heteroatoms. The fourth-order valence-corrected chi connectivity index (χ4v) is 3.49. The second-order valence-electron chi connectivity index (χ2n) is 9.52. The Balaban J connectivity index is 1.46. The van der Waals surface area contributed by atoms with Crippen molar-refractivity contribution in [2.45, 2.75) is 52.0 Å². The number of rotatable bonds is 5. The van der Waals surface area contributed by atoms with Crippen LogP contribution >= 0.6 is 0 Å². The van der Waals surface area contributed by atoms with Crippen LogP contribution in [0.3, 0.4) is 0 Å². The number of likely N-dealkylation sites (tertiary alicyclic amines) is 1. The number of amides is 1. The summed E-state index contributed by atoms with van der Waals surface area (Å²) in [5.74, 6) is -0.195. The third-order valence-electron chi connectivity index (χ3n) is 5.38. The Kier molecular flexibility index (Phi) is 6.48. The number of nitrogens with zero attached hydrogens (tertiary/aromatic N) is 3. The number of carbonyl (C=O) groups excluding carboxylic acids is 1. The molecule has 7 nitrogen and oxygen atoms in total. The van der Waals surface area contributed by atoms with Gasteiger partial charge in [-0.3, -0.25) is 0 Å². The molecule has 0 radical (unpaired) electrons. The molecule has 35 heavy (non-hydrogen) atoms. The first-order chi connectivity index (χ1) is 16.4. The quantitative estimate of drug-likeness (QED) is 0.439. The second-order valence-corrected chi connectivity index (χ2v) is 9.52. The lowest BCUT2D eigenvalue weighted by molar-refractivity contribution is -0.139. The van der Waals surface area contributed by atoms with Gasteiger partial charge >= 0.3 is 12.3 Å². The number of halogens is 3. The van der Waals surface area contributed by atoms with E-state index in [9.17, 15) is 18.0 Å². The van der Waals surface area contributed by atoms with Crippen LogP contribution in [0.4, 0.5) is 18.0 Å². The molecule has 2 heterocycles. The monoisotopic (exact) mass is 489 g/mol. The van der Waals surface area contributed by atoms with E-state index in [0.29, 0.717) is 13.1 Å². The van der Waals surface area contributed by atoms with Gasteiger partial charge in [0.25, 0.3) is 0 Å². The number of ether oxygens (including phenoxy) is 2. The Labute approximate surface area is 200 Å². The molecular weight excluding hydrogens is 463 g/mol. The molecule has 0 N–H and O–H groups in total. The molecule has 3 aromatic rings. The summed E-state index contributed by atoms with van der Waals surface area (Å²) in [6, 6.07) is 11.0. The molecule has 0 atom stereocenters. The highest BCUT2D eigenvalue weighted by Crippen LogP contribution is 2.39. The summed E-state index contributed by atoms with van der Waals surface area (Å²) in [6.45, 7) is 7.93. The SMILES string of the molecule is Cc1ccc(COc2ccc(-c3noc(C4CN(C(=O)OC(C)(C)C)C4)n3)cc2C(F)(F)F)cc1. The van der Waals surface area contributed by atoms with Gasteiger partial charge in [0.2, 0.25) is 11.7 Å². The van der Waals surface area contributed by atoms with Crippen molar-refractivity contribution in [3.63, 3.8) is 0 Å². The minimum absolute atomic E-state index is 0.00485. The molecule has 0 aliphatic carbocycles. The van der Waals surface area contributed by atoms with Crippen molar-refractivity contribution in [1.82, 2.24) is 15.0 Å². The Morgan fingerprint density at radius 1 is 1.11 bits per heavy atom. The largest absolute Gasteiger partial charge is 0.488 e. The van der Waals surface area contributed by atoms with Crippen molar-refractivity contribution < 1.29 is 32.0 Å². The number of aryl methyl sites for hydroxylation is 1. The Hall–Kier alpha value is -3.56. The highest BCUT2D eigenvalue weighted by atomic mass is 19.4. The maximum absolute atomic E-state index is 13.8. The maximum Gasteiger partial charge on any atom is 0.419 e. The van der Waals surface area contributed by atoms with Crippen molar-refractivity contribution in [1.29, 1.82) is 0 Å². The van der Waals surface area contributed by atoms with Gasteiger partial charge in [-0.1, -0.05) is 35.0 Å². The van der Waals surface area contributed by atoms with E-state index in [2.05, 4.69) is 10.1 Å². The van der Waals surface area contributed by atoms with Crippen LogP contribution in [0.25, 0.3) is 11.4 Å². The zero-order valence-electron chi connectivity index (χ0n) is 19.8. The molecule has 1 aromatic heterocycles. The standard InChI is InChI=1S/C25H26F3N3O4/c1-15-5-7-16(8-6-15)14-33-20-10-9-17(11-19(20)25(26,27)28)21-29-22(35-30-21)18-12-31(13-18)23(32)34-24(2,3)4/h5-11,18H,12-14H2,1-4H3. The summed E-state index contributed by atoms with van der Waals surface area (Å²) in [7, 11) is 0. The molecule has 1 aliphatic rings. The van der Waals surface area contributed by atoms with Crippen LogP contribution in [0, 0.1) is 6.92 Å². The van der Waals surface area contributed by atoms with Crippen molar-refractivity contribution in [2.75, 3.05) is 13.1 Å². The second kappa shape index (κ2) is 9.24. The molecule has 1 aliphatic heterocycles. The number of alkyl halides is 3. The van der Waals surface area contributed by atoms with Gasteiger partial charge in [-0.25, -0.2) is 4.79 Å². The fourth-order valence-electron chi connectivity index (χ4n) is 3.49. The highest BCUT2D eigenvalue weighted by molar-refractivity contribution is 5.69. The molecule has 0 bridgehead atoms. The van der Waals surface area contributed by atoms with Crippen LogP contribution in [0.2, 0.25) is 0 Å². The zero-order chi connectivity index (χ0) is 25.4.